The van der Waals surface area contributed by atoms with E-state index in [0.717, 1.165) is 11.8 Å². The second-order valence-corrected chi connectivity index (χ2v) is 4.02. The first-order valence-electron chi connectivity index (χ1n) is 4.06. The third-order valence-corrected chi connectivity index (χ3v) is 2.65. The maximum absolute atomic E-state index is 10.9. The summed E-state index contributed by atoms with van der Waals surface area (Å²) in [6.45, 7) is 1.36. The third kappa shape index (κ3) is 2.88. The monoisotopic (exact) mass is 210 g/mol. The average molecular weight is 210 g/mol. The number of thioether (sulfide) groups is 1. The van der Waals surface area contributed by atoms with Gasteiger partial charge in [-0.1, -0.05) is 42.1 Å². The molecule has 1 aromatic carbocycles. The Balaban J connectivity index is 2.89. The van der Waals surface area contributed by atoms with Gasteiger partial charge in [-0.2, -0.15) is 0 Å². The first kappa shape index (κ1) is 10.8. The van der Waals surface area contributed by atoms with E-state index < -0.39 is 11.2 Å². The fraction of sp³-hybridized carbons (Fsp3) is 0.200. The summed E-state index contributed by atoms with van der Waals surface area (Å²) in [4.78, 5) is 21.7. The third-order valence-electron chi connectivity index (χ3n) is 1.61. The second-order valence-electron chi connectivity index (χ2n) is 2.74. The van der Waals surface area contributed by atoms with E-state index >= 15 is 0 Å². The van der Waals surface area contributed by atoms with Gasteiger partial charge in [0.05, 0.1) is 0 Å². The number of aliphatic carboxylic acids is 1. The Kier molecular flexibility index (Phi) is 3.71. The van der Waals surface area contributed by atoms with Crippen molar-refractivity contribution in [3.05, 3.63) is 35.9 Å². The van der Waals surface area contributed by atoms with Crippen LogP contribution in [-0.2, 0) is 9.59 Å². The van der Waals surface area contributed by atoms with Crippen LogP contribution in [-0.4, -0.2) is 16.2 Å². The van der Waals surface area contributed by atoms with E-state index in [4.69, 9.17) is 5.11 Å². The highest BCUT2D eigenvalue weighted by Crippen LogP contribution is 2.29. The van der Waals surface area contributed by atoms with Gasteiger partial charge < -0.3 is 5.11 Å². The lowest BCUT2D eigenvalue weighted by Crippen LogP contribution is -2.09. The number of rotatable bonds is 3. The Bertz CT molecular complexity index is 334. The van der Waals surface area contributed by atoms with E-state index in [1.807, 2.05) is 0 Å². The molecule has 1 N–H and O–H groups in total. The highest BCUT2D eigenvalue weighted by atomic mass is 32.2. The number of carbonyl (C=O) groups is 2. The lowest BCUT2D eigenvalue weighted by Gasteiger charge is -2.09. The van der Waals surface area contributed by atoms with Crippen LogP contribution in [0.15, 0.2) is 30.3 Å². The van der Waals surface area contributed by atoms with Crippen molar-refractivity contribution in [1.29, 1.82) is 0 Å². The van der Waals surface area contributed by atoms with E-state index in [-0.39, 0.29) is 5.12 Å². The van der Waals surface area contributed by atoms with Gasteiger partial charge in [0.15, 0.2) is 5.12 Å². The van der Waals surface area contributed by atoms with Crippen LogP contribution >= 0.6 is 11.8 Å². The summed E-state index contributed by atoms with van der Waals surface area (Å²) in [5.74, 6) is -0.989. The van der Waals surface area contributed by atoms with Crippen LogP contribution in [0.4, 0.5) is 0 Å². The molecule has 1 rings (SSSR count). The molecule has 0 heterocycles. The van der Waals surface area contributed by atoms with E-state index in [1.165, 1.54) is 6.92 Å². The number of hydrogen-bond acceptors (Lipinski definition) is 3. The van der Waals surface area contributed by atoms with Gasteiger partial charge >= 0.3 is 5.97 Å². The maximum atomic E-state index is 10.9. The Hall–Kier alpha value is -1.29. The first-order valence-corrected chi connectivity index (χ1v) is 4.94. The molecule has 0 bridgehead atoms. The maximum Gasteiger partial charge on any atom is 0.321 e. The molecular formula is C10H10O3S. The average Bonchev–Trinajstić information content (AvgIpc) is 2.15. The van der Waals surface area contributed by atoms with Gasteiger partial charge in [0.2, 0.25) is 0 Å². The normalized spacial score (nSPS) is 12.1. The summed E-state index contributed by atoms with van der Waals surface area (Å²) in [6, 6.07) is 8.72. The topological polar surface area (TPSA) is 54.4 Å². The van der Waals surface area contributed by atoms with Crippen molar-refractivity contribution in [3.8, 4) is 0 Å². The number of carboxylic acids is 1. The molecule has 0 radical (unpaired) electrons. The standard InChI is InChI=1S/C10H10O3S/c1-7(11)14-9(10(12)13)8-5-3-2-4-6-8/h2-6,9H,1H3,(H,12,13)/t9-/m0/s1. The molecule has 0 amide bonds. The molecule has 0 spiro atoms. The summed E-state index contributed by atoms with van der Waals surface area (Å²) in [5, 5.41) is 7.91. The SMILES string of the molecule is CC(=O)S[C@H](C(=O)O)c1ccccc1. The van der Waals surface area contributed by atoms with Gasteiger partial charge in [-0.15, -0.1) is 0 Å². The fourth-order valence-corrected chi connectivity index (χ4v) is 1.78. The molecule has 0 saturated heterocycles. The molecule has 0 aliphatic rings. The van der Waals surface area contributed by atoms with Crippen LogP contribution in [0.25, 0.3) is 0 Å². The van der Waals surface area contributed by atoms with Crippen molar-refractivity contribution in [3.63, 3.8) is 0 Å². The van der Waals surface area contributed by atoms with E-state index in [1.54, 1.807) is 30.3 Å². The molecule has 0 aliphatic heterocycles. The Morgan fingerprint density at radius 2 is 1.86 bits per heavy atom. The van der Waals surface area contributed by atoms with Crippen LogP contribution in [0.5, 0.6) is 0 Å². The molecule has 0 aromatic heterocycles. The van der Waals surface area contributed by atoms with Crippen molar-refractivity contribution >= 4 is 22.8 Å². The van der Waals surface area contributed by atoms with Gasteiger partial charge in [0.1, 0.15) is 5.25 Å². The molecule has 1 atom stereocenters. The minimum Gasteiger partial charge on any atom is -0.480 e. The van der Waals surface area contributed by atoms with Crippen molar-refractivity contribution in [2.75, 3.05) is 0 Å². The Labute approximate surface area is 86.1 Å². The lowest BCUT2D eigenvalue weighted by atomic mass is 10.1. The number of hydrogen-bond donors (Lipinski definition) is 1. The molecule has 3 nitrogen and oxygen atoms in total. The zero-order valence-corrected chi connectivity index (χ0v) is 8.45. The zero-order valence-electron chi connectivity index (χ0n) is 7.64. The quantitative estimate of drug-likeness (QED) is 0.830. The highest BCUT2D eigenvalue weighted by Gasteiger charge is 2.21. The largest absolute Gasteiger partial charge is 0.480 e. The predicted octanol–water partition coefficient (Wildman–Crippen LogP) is 2.09. The smallest absolute Gasteiger partial charge is 0.321 e. The minimum absolute atomic E-state index is 0.193. The van der Waals surface area contributed by atoms with E-state index in [2.05, 4.69) is 0 Å². The molecule has 14 heavy (non-hydrogen) atoms. The molecule has 4 heteroatoms. The van der Waals surface area contributed by atoms with Crippen molar-refractivity contribution in [2.24, 2.45) is 0 Å². The van der Waals surface area contributed by atoms with Gasteiger partial charge in [-0.05, 0) is 5.56 Å². The molecule has 0 aliphatic carbocycles. The summed E-state index contributed by atoms with van der Waals surface area (Å²) < 4.78 is 0. The molecule has 1 aromatic rings. The predicted molar refractivity (Wildman–Crippen MR) is 55.1 cm³/mol. The number of benzene rings is 1. The molecule has 74 valence electrons. The van der Waals surface area contributed by atoms with Gasteiger partial charge in [-0.3, -0.25) is 9.59 Å². The summed E-state index contributed by atoms with van der Waals surface area (Å²) >= 11 is 0.822. The Morgan fingerprint density at radius 1 is 1.29 bits per heavy atom. The van der Waals surface area contributed by atoms with E-state index in [0.29, 0.717) is 5.56 Å². The Morgan fingerprint density at radius 3 is 2.29 bits per heavy atom. The van der Waals surface area contributed by atoms with Crippen LogP contribution in [0.2, 0.25) is 0 Å². The van der Waals surface area contributed by atoms with Gasteiger partial charge in [0, 0.05) is 6.92 Å². The van der Waals surface area contributed by atoms with Crippen LogP contribution in [0, 0.1) is 0 Å². The van der Waals surface area contributed by atoms with Crippen molar-refractivity contribution < 1.29 is 14.7 Å². The molecule has 0 unspecified atom stereocenters. The van der Waals surface area contributed by atoms with Gasteiger partial charge in [-0.25, -0.2) is 0 Å². The first-order chi connectivity index (χ1) is 6.61. The van der Waals surface area contributed by atoms with E-state index in [9.17, 15) is 9.59 Å². The van der Waals surface area contributed by atoms with Crippen LogP contribution in [0.1, 0.15) is 17.7 Å². The summed E-state index contributed by atoms with van der Waals surface area (Å²) in [5.41, 5.74) is 0.639. The molecular weight excluding hydrogens is 200 g/mol. The van der Waals surface area contributed by atoms with Crippen LogP contribution < -0.4 is 0 Å². The minimum atomic E-state index is -0.989. The lowest BCUT2D eigenvalue weighted by molar-refractivity contribution is -0.136. The number of carboxylic acid groups (broad SMARTS) is 1. The van der Waals surface area contributed by atoms with Crippen LogP contribution in [0.3, 0.4) is 0 Å². The highest BCUT2D eigenvalue weighted by molar-refractivity contribution is 8.14. The molecule has 0 fully saturated rings. The zero-order chi connectivity index (χ0) is 10.6. The summed E-state index contributed by atoms with van der Waals surface area (Å²) in [7, 11) is 0. The van der Waals surface area contributed by atoms with Gasteiger partial charge in [0.25, 0.3) is 0 Å². The second kappa shape index (κ2) is 4.81. The fourth-order valence-electron chi connectivity index (χ4n) is 1.05. The summed E-state index contributed by atoms with van der Waals surface area (Å²) in [6.07, 6.45) is 0. The van der Waals surface area contributed by atoms with Crippen molar-refractivity contribution in [2.45, 2.75) is 12.2 Å². The molecule has 0 saturated carbocycles. The number of carbonyl (C=O) groups excluding carboxylic acids is 1. The van der Waals surface area contributed by atoms with Crippen molar-refractivity contribution in [1.82, 2.24) is 0 Å².